The number of hydrogen-bond donors (Lipinski definition) is 4. The number of aromatic hydroxyl groups is 1. The summed E-state index contributed by atoms with van der Waals surface area (Å²) in [6, 6.07) is 29.1. The molecule has 12 nitrogen and oxygen atoms in total. The summed E-state index contributed by atoms with van der Waals surface area (Å²) in [7, 11) is 5.49. The molecule has 282 valence electrons. The van der Waals surface area contributed by atoms with Crippen molar-refractivity contribution in [1.29, 1.82) is 0 Å². The first-order valence-corrected chi connectivity index (χ1v) is 17.7. The van der Waals surface area contributed by atoms with E-state index in [0.717, 1.165) is 5.69 Å². The smallest absolute Gasteiger partial charge is 0.336 e. The van der Waals surface area contributed by atoms with Gasteiger partial charge in [-0.15, -0.1) is 0 Å². The third-order valence-corrected chi connectivity index (χ3v) is 9.96. The number of anilines is 1. The van der Waals surface area contributed by atoms with E-state index in [1.54, 1.807) is 49.5 Å². The van der Waals surface area contributed by atoms with Crippen LogP contribution >= 0.6 is 0 Å². The Balaban J connectivity index is 1.15. The van der Waals surface area contributed by atoms with Crippen LogP contribution in [0.1, 0.15) is 36.6 Å². The van der Waals surface area contributed by atoms with Crippen LogP contribution in [0, 0.1) is 0 Å². The molecule has 0 saturated heterocycles. The summed E-state index contributed by atoms with van der Waals surface area (Å²) in [5.41, 5.74) is 4.80. The minimum absolute atomic E-state index is 0.0663. The van der Waals surface area contributed by atoms with Gasteiger partial charge >= 0.3 is 11.9 Å². The molecule has 57 heavy (non-hydrogen) atoms. The van der Waals surface area contributed by atoms with Gasteiger partial charge in [-0.1, -0.05) is 18.2 Å². The van der Waals surface area contributed by atoms with Crippen LogP contribution in [-0.4, -0.2) is 54.3 Å². The molecular formula is C45H33N3O9. The van der Waals surface area contributed by atoms with Crippen LogP contribution in [0.25, 0.3) is 66.8 Å². The lowest BCUT2D eigenvalue weighted by Gasteiger charge is -2.19. The number of phenols is 1. The Morgan fingerprint density at radius 1 is 0.667 bits per heavy atom. The van der Waals surface area contributed by atoms with Crippen LogP contribution in [0.4, 0.5) is 5.69 Å². The normalized spacial score (nSPS) is 11.7. The number of benzene rings is 6. The van der Waals surface area contributed by atoms with Crippen molar-refractivity contribution in [1.82, 2.24) is 5.32 Å². The molecule has 2 aliphatic heterocycles. The molecule has 8 rings (SSSR count). The quantitative estimate of drug-likeness (QED) is 0.112. The number of rotatable bonds is 8. The summed E-state index contributed by atoms with van der Waals surface area (Å²) < 4.78 is 12.2. The van der Waals surface area contributed by atoms with Gasteiger partial charge in [-0.2, -0.15) is 0 Å². The van der Waals surface area contributed by atoms with E-state index >= 15 is 0 Å². The molecule has 2 aliphatic carbocycles. The van der Waals surface area contributed by atoms with E-state index in [1.807, 2.05) is 49.3 Å². The van der Waals surface area contributed by atoms with E-state index in [9.17, 15) is 34.5 Å². The summed E-state index contributed by atoms with van der Waals surface area (Å²) in [6.45, 7) is -0.0724. The summed E-state index contributed by atoms with van der Waals surface area (Å²) in [4.78, 5) is 57.5. The molecule has 0 bridgehead atoms. The number of fused-ring (bicyclic) bond motifs is 4. The van der Waals surface area contributed by atoms with Crippen molar-refractivity contribution in [2.75, 3.05) is 26.0 Å². The van der Waals surface area contributed by atoms with Gasteiger partial charge in [0, 0.05) is 96.2 Å². The first-order valence-electron chi connectivity index (χ1n) is 17.7. The highest BCUT2D eigenvalue weighted by Gasteiger charge is 2.25. The summed E-state index contributed by atoms with van der Waals surface area (Å²) in [5, 5.41) is 35.7. The first-order chi connectivity index (χ1) is 27.4. The summed E-state index contributed by atoms with van der Waals surface area (Å²) in [6.07, 6.45) is 0. The molecular weight excluding hydrogens is 727 g/mol. The van der Waals surface area contributed by atoms with Crippen LogP contribution < -0.4 is 21.0 Å². The maximum atomic E-state index is 13.6. The van der Waals surface area contributed by atoms with Gasteiger partial charge in [-0.3, -0.25) is 14.6 Å². The molecule has 0 atom stereocenters. The standard InChI is InChI=1S/C45H33N3O9/c1-46-25-6-12-31-37(18-25)56-38-19-26(48(2)3)7-13-32(38)42(31)30-11-5-24(17-36(30)45(54)55)43(51)47-22-23-4-10-29(35(16-23)44(52)53)41-33-14-8-27(49)20-39(33)57-40-21-28(50)9-15-34(40)41/h4-21,49H,22H2,1-3H3,(H,47,51)(H,52,53)(H,54,55)/b46-25-. The van der Waals surface area contributed by atoms with Crippen molar-refractivity contribution in [2.45, 2.75) is 6.54 Å². The Hall–Kier alpha value is -7.73. The Kier molecular flexibility index (Phi) is 9.01. The number of aromatic carboxylic acids is 2. The molecule has 12 heteroatoms. The zero-order valence-electron chi connectivity index (χ0n) is 30.8. The van der Waals surface area contributed by atoms with Crippen LogP contribution in [0.2, 0.25) is 0 Å². The van der Waals surface area contributed by atoms with Gasteiger partial charge in [-0.05, 0) is 83.4 Å². The molecule has 0 fully saturated rings. The highest BCUT2D eigenvalue weighted by molar-refractivity contribution is 6.10. The second-order valence-electron chi connectivity index (χ2n) is 13.7. The van der Waals surface area contributed by atoms with Crippen molar-refractivity contribution < 1.29 is 38.5 Å². The van der Waals surface area contributed by atoms with E-state index in [-0.39, 0.29) is 45.8 Å². The molecule has 4 aromatic rings. The number of carboxylic acid groups (broad SMARTS) is 2. The van der Waals surface area contributed by atoms with Gasteiger partial charge in [0.25, 0.3) is 5.91 Å². The monoisotopic (exact) mass is 759 g/mol. The SMILES string of the molecule is C/N=c1/ccc2c(-c3ccc(C(=O)NCc4ccc(-c5c6ccc(=O)cc-6oc6cc(O)ccc56)c(C(=O)O)c4)cc3C(=O)O)c3ccc(N(C)C)cc3oc-2c1. The molecule has 4 N–H and O–H groups in total. The molecule has 0 aromatic heterocycles. The zero-order chi connectivity index (χ0) is 40.1. The van der Waals surface area contributed by atoms with E-state index in [0.29, 0.717) is 66.4 Å². The van der Waals surface area contributed by atoms with E-state index in [2.05, 4.69) is 10.3 Å². The van der Waals surface area contributed by atoms with Crippen molar-refractivity contribution in [2.24, 2.45) is 4.99 Å². The Bertz CT molecular complexity index is 3030. The lowest BCUT2D eigenvalue weighted by molar-refractivity contribution is 0.0686. The largest absolute Gasteiger partial charge is 0.508 e. The second-order valence-corrected chi connectivity index (χ2v) is 13.7. The molecule has 0 saturated carbocycles. The van der Waals surface area contributed by atoms with Gasteiger partial charge in [-0.25, -0.2) is 9.59 Å². The van der Waals surface area contributed by atoms with Crippen LogP contribution in [0.15, 0.2) is 128 Å². The fraction of sp³-hybridized carbons (Fsp3) is 0.0889. The molecule has 4 aliphatic rings. The molecule has 0 radical (unpaired) electrons. The van der Waals surface area contributed by atoms with Crippen LogP contribution in [-0.2, 0) is 6.54 Å². The Labute approximate surface area is 323 Å². The van der Waals surface area contributed by atoms with Gasteiger partial charge < -0.3 is 34.4 Å². The van der Waals surface area contributed by atoms with E-state index in [4.69, 9.17) is 8.83 Å². The number of phenolic OH excluding ortho intramolecular Hbond substituents is 1. The average molecular weight is 760 g/mol. The fourth-order valence-corrected chi connectivity index (χ4v) is 7.19. The number of nitrogens with one attached hydrogen (secondary N) is 1. The number of carboxylic acids is 2. The first kappa shape index (κ1) is 36.3. The van der Waals surface area contributed by atoms with Crippen molar-refractivity contribution >= 4 is 45.5 Å². The van der Waals surface area contributed by atoms with Crippen molar-refractivity contribution in [3.05, 3.63) is 147 Å². The minimum Gasteiger partial charge on any atom is -0.508 e. The second kappa shape index (κ2) is 14.2. The maximum absolute atomic E-state index is 13.6. The highest BCUT2D eigenvalue weighted by Crippen LogP contribution is 2.44. The van der Waals surface area contributed by atoms with Gasteiger partial charge in [0.2, 0.25) is 0 Å². The lowest BCUT2D eigenvalue weighted by Crippen LogP contribution is -2.23. The lowest BCUT2D eigenvalue weighted by atomic mass is 9.89. The molecule has 4 aromatic carbocycles. The minimum atomic E-state index is -1.23. The van der Waals surface area contributed by atoms with Crippen molar-refractivity contribution in [3.63, 3.8) is 0 Å². The van der Waals surface area contributed by atoms with Gasteiger partial charge in [0.15, 0.2) is 5.43 Å². The number of hydrogen-bond acceptors (Lipinski definition) is 9. The number of carbonyl (C=O) groups is 3. The number of nitrogens with zero attached hydrogens (tertiary/aromatic N) is 2. The Morgan fingerprint density at radius 2 is 1.26 bits per heavy atom. The molecule has 2 heterocycles. The highest BCUT2D eigenvalue weighted by atomic mass is 16.4. The summed E-state index contributed by atoms with van der Waals surface area (Å²) >= 11 is 0. The third-order valence-electron chi connectivity index (χ3n) is 9.96. The average Bonchev–Trinajstić information content (AvgIpc) is 3.20. The van der Waals surface area contributed by atoms with Crippen molar-refractivity contribution in [3.8, 4) is 50.7 Å². The van der Waals surface area contributed by atoms with Crippen LogP contribution in [0.3, 0.4) is 0 Å². The maximum Gasteiger partial charge on any atom is 0.336 e. The molecule has 0 unspecified atom stereocenters. The Morgan fingerprint density at radius 3 is 1.93 bits per heavy atom. The van der Waals surface area contributed by atoms with Gasteiger partial charge in [0.05, 0.1) is 16.5 Å². The van der Waals surface area contributed by atoms with Gasteiger partial charge in [0.1, 0.15) is 28.4 Å². The predicted molar refractivity (Wildman–Crippen MR) is 215 cm³/mol. The topological polar surface area (TPSA) is 183 Å². The zero-order valence-corrected chi connectivity index (χ0v) is 30.8. The third kappa shape index (κ3) is 6.59. The molecule has 0 spiro atoms. The fourth-order valence-electron chi connectivity index (χ4n) is 7.19. The predicted octanol–water partition coefficient (Wildman–Crippen LogP) is 7.71. The molecule has 1 amide bonds. The summed E-state index contributed by atoms with van der Waals surface area (Å²) in [5.74, 6) is -2.36. The van der Waals surface area contributed by atoms with Crippen LogP contribution in [0.5, 0.6) is 5.75 Å². The number of carbonyl (C=O) groups excluding carboxylic acids is 1. The van der Waals surface area contributed by atoms with E-state index in [1.165, 1.54) is 36.4 Å². The number of amides is 1. The van der Waals surface area contributed by atoms with E-state index < -0.39 is 17.8 Å².